The van der Waals surface area contributed by atoms with Gasteiger partial charge in [0.1, 0.15) is 0 Å². The van der Waals surface area contributed by atoms with E-state index in [2.05, 4.69) is 48.7 Å². The molecule has 2 atom stereocenters. The number of carbonyl (C=O) groups excluding carboxylic acids is 1. The monoisotopic (exact) mass is 431 g/mol. The third kappa shape index (κ3) is 6.39. The number of anilines is 1. The topological polar surface area (TPSA) is 78.5 Å². The molecule has 0 aliphatic rings. The van der Waals surface area contributed by atoms with Gasteiger partial charge in [-0.3, -0.25) is 10.1 Å². The van der Waals surface area contributed by atoms with Crippen LogP contribution in [0.15, 0.2) is 53.4 Å². The highest BCUT2D eigenvalue weighted by Crippen LogP contribution is 2.19. The van der Waals surface area contributed by atoms with Crippen LogP contribution in [0.5, 0.6) is 0 Å². The summed E-state index contributed by atoms with van der Waals surface area (Å²) in [5.41, 5.74) is 2.86. The summed E-state index contributed by atoms with van der Waals surface area (Å²) < 4.78 is 25.7. The molecule has 0 bridgehead atoms. The van der Waals surface area contributed by atoms with Crippen molar-refractivity contribution in [1.82, 2.24) is 9.62 Å². The van der Waals surface area contributed by atoms with Gasteiger partial charge in [0.2, 0.25) is 15.9 Å². The number of nitrogens with zero attached hydrogens (tertiary/aromatic N) is 1. The maximum Gasteiger partial charge on any atom is 0.242 e. The molecule has 0 unspecified atom stereocenters. The first-order valence-corrected chi connectivity index (χ1v) is 11.6. The van der Waals surface area contributed by atoms with Crippen molar-refractivity contribution in [3.8, 4) is 0 Å². The van der Waals surface area contributed by atoms with Crippen molar-refractivity contribution in [2.45, 2.75) is 51.1 Å². The Kier molecular flexibility index (Phi) is 8.18. The lowest BCUT2D eigenvalue weighted by Crippen LogP contribution is -2.39. The van der Waals surface area contributed by atoms with Gasteiger partial charge in [-0.1, -0.05) is 44.2 Å². The summed E-state index contributed by atoms with van der Waals surface area (Å²) in [6.07, 6.45) is 1.05. The number of amides is 1. The largest absolute Gasteiger partial charge is 0.325 e. The van der Waals surface area contributed by atoms with E-state index in [1.54, 1.807) is 19.1 Å². The minimum atomic E-state index is -3.56. The summed E-state index contributed by atoms with van der Waals surface area (Å²) in [5.74, 6) is 0.388. The number of carbonyl (C=O) groups is 1. The quantitative estimate of drug-likeness (QED) is 0.633. The molecule has 1 amide bonds. The summed E-state index contributed by atoms with van der Waals surface area (Å²) in [6.45, 7) is 8.21. The molecular weight excluding hydrogens is 398 g/mol. The van der Waals surface area contributed by atoms with Gasteiger partial charge in [-0.2, -0.15) is 0 Å². The molecular formula is C23H33N3O3S. The van der Waals surface area contributed by atoms with Gasteiger partial charge in [0.15, 0.2) is 0 Å². The van der Waals surface area contributed by atoms with Crippen molar-refractivity contribution >= 4 is 21.6 Å². The zero-order valence-corrected chi connectivity index (χ0v) is 19.5. The average molecular weight is 432 g/mol. The summed E-state index contributed by atoms with van der Waals surface area (Å²) >= 11 is 0. The van der Waals surface area contributed by atoms with Gasteiger partial charge < -0.3 is 5.32 Å². The lowest BCUT2D eigenvalue weighted by Gasteiger charge is -2.20. The van der Waals surface area contributed by atoms with Gasteiger partial charge in [0.25, 0.3) is 0 Å². The van der Waals surface area contributed by atoms with Gasteiger partial charge in [0.05, 0.1) is 10.9 Å². The van der Waals surface area contributed by atoms with Gasteiger partial charge in [-0.05, 0) is 55.5 Å². The summed E-state index contributed by atoms with van der Waals surface area (Å²) in [4.78, 5) is 12.8. The Morgan fingerprint density at radius 2 is 1.63 bits per heavy atom. The predicted molar refractivity (Wildman–Crippen MR) is 122 cm³/mol. The Bertz CT molecular complexity index is 954. The van der Waals surface area contributed by atoms with Gasteiger partial charge in [0, 0.05) is 25.8 Å². The smallest absolute Gasteiger partial charge is 0.242 e. The summed E-state index contributed by atoms with van der Waals surface area (Å²) in [5, 5.41) is 6.10. The molecule has 0 saturated heterocycles. The van der Waals surface area contributed by atoms with Crippen LogP contribution in [-0.4, -0.2) is 38.8 Å². The molecule has 0 spiro atoms. The third-order valence-electron chi connectivity index (χ3n) is 4.90. The normalized spacial score (nSPS) is 14.0. The summed E-state index contributed by atoms with van der Waals surface area (Å²) in [6, 6.07) is 14.3. The molecule has 0 heterocycles. The fraction of sp³-hybridized carbons (Fsp3) is 0.435. The van der Waals surface area contributed by atoms with Crippen molar-refractivity contribution in [2.24, 2.45) is 5.92 Å². The van der Waals surface area contributed by atoms with Crippen LogP contribution in [0.25, 0.3) is 0 Å². The second kappa shape index (κ2) is 10.2. The van der Waals surface area contributed by atoms with Gasteiger partial charge >= 0.3 is 0 Å². The Morgan fingerprint density at radius 1 is 1.00 bits per heavy atom. The van der Waals surface area contributed by atoms with Crippen LogP contribution < -0.4 is 10.6 Å². The highest BCUT2D eigenvalue weighted by molar-refractivity contribution is 7.89. The van der Waals surface area contributed by atoms with Crippen LogP contribution in [0.4, 0.5) is 5.69 Å². The molecule has 0 aliphatic carbocycles. The SMILES string of the molecule is CC(C)Cc1ccc([C@H](C)N[C@@H](C)C(=O)Nc2cccc(S(=O)(=O)N(C)C)c2)cc1. The number of rotatable bonds is 9. The molecule has 30 heavy (non-hydrogen) atoms. The Balaban J connectivity index is 2.01. The fourth-order valence-corrected chi connectivity index (χ4v) is 4.10. The van der Waals surface area contributed by atoms with E-state index >= 15 is 0 Å². The Morgan fingerprint density at radius 3 is 2.20 bits per heavy atom. The Hall–Kier alpha value is -2.22. The number of hydrogen-bond acceptors (Lipinski definition) is 4. The molecule has 0 aromatic heterocycles. The minimum Gasteiger partial charge on any atom is -0.325 e. The lowest BCUT2D eigenvalue weighted by atomic mass is 9.99. The van der Waals surface area contributed by atoms with E-state index in [1.165, 1.54) is 31.8 Å². The van der Waals surface area contributed by atoms with Crippen LogP contribution in [0.3, 0.4) is 0 Å². The number of benzene rings is 2. The van der Waals surface area contributed by atoms with Crippen LogP contribution in [0, 0.1) is 5.92 Å². The fourth-order valence-electron chi connectivity index (χ4n) is 3.16. The molecule has 6 nitrogen and oxygen atoms in total. The van der Waals surface area contributed by atoms with E-state index in [9.17, 15) is 13.2 Å². The van der Waals surface area contributed by atoms with E-state index < -0.39 is 16.1 Å². The highest BCUT2D eigenvalue weighted by atomic mass is 32.2. The van der Waals surface area contributed by atoms with Crippen molar-refractivity contribution < 1.29 is 13.2 Å². The third-order valence-corrected chi connectivity index (χ3v) is 6.71. The number of hydrogen-bond donors (Lipinski definition) is 2. The molecule has 0 aliphatic heterocycles. The van der Waals surface area contributed by atoms with E-state index in [1.807, 2.05) is 6.92 Å². The second-order valence-electron chi connectivity index (χ2n) is 8.25. The molecule has 7 heteroatoms. The molecule has 0 saturated carbocycles. The molecule has 164 valence electrons. The van der Waals surface area contributed by atoms with Crippen molar-refractivity contribution in [2.75, 3.05) is 19.4 Å². The second-order valence-corrected chi connectivity index (χ2v) is 10.4. The van der Waals surface area contributed by atoms with Crippen LogP contribution in [-0.2, 0) is 21.2 Å². The molecule has 0 radical (unpaired) electrons. The molecule has 2 N–H and O–H groups in total. The van der Waals surface area contributed by atoms with Gasteiger partial charge in [-0.25, -0.2) is 12.7 Å². The Labute approximate surface area is 180 Å². The zero-order valence-electron chi connectivity index (χ0n) is 18.6. The standard InChI is InChI=1S/C23H33N3O3S/c1-16(2)14-19-10-12-20(13-11-19)17(3)24-18(4)23(27)25-21-8-7-9-22(15-21)30(28,29)26(5)6/h7-13,15-18,24H,14H2,1-6H3,(H,25,27)/t17-,18-/m0/s1. The molecule has 2 rings (SSSR count). The van der Waals surface area contributed by atoms with Crippen molar-refractivity contribution in [3.63, 3.8) is 0 Å². The number of sulfonamides is 1. The van der Waals surface area contributed by atoms with E-state index in [0.29, 0.717) is 11.6 Å². The lowest BCUT2D eigenvalue weighted by molar-refractivity contribution is -0.117. The maximum atomic E-state index is 12.6. The first-order chi connectivity index (χ1) is 14.0. The van der Waals surface area contributed by atoms with Gasteiger partial charge in [-0.15, -0.1) is 0 Å². The van der Waals surface area contributed by atoms with Crippen molar-refractivity contribution in [1.29, 1.82) is 0 Å². The molecule has 2 aromatic rings. The van der Waals surface area contributed by atoms with E-state index in [0.717, 1.165) is 16.3 Å². The highest BCUT2D eigenvalue weighted by Gasteiger charge is 2.20. The van der Waals surface area contributed by atoms with Crippen LogP contribution >= 0.6 is 0 Å². The van der Waals surface area contributed by atoms with E-state index in [-0.39, 0.29) is 16.8 Å². The van der Waals surface area contributed by atoms with Crippen LogP contribution in [0.2, 0.25) is 0 Å². The average Bonchev–Trinajstić information content (AvgIpc) is 2.68. The minimum absolute atomic E-state index is 0.000645. The summed E-state index contributed by atoms with van der Waals surface area (Å²) in [7, 11) is -0.604. The maximum absolute atomic E-state index is 12.6. The number of nitrogens with one attached hydrogen (secondary N) is 2. The molecule has 2 aromatic carbocycles. The first-order valence-electron chi connectivity index (χ1n) is 10.2. The van der Waals surface area contributed by atoms with E-state index in [4.69, 9.17) is 0 Å². The van der Waals surface area contributed by atoms with Crippen LogP contribution in [0.1, 0.15) is 44.9 Å². The van der Waals surface area contributed by atoms with Crippen molar-refractivity contribution in [3.05, 3.63) is 59.7 Å². The molecule has 0 fully saturated rings. The predicted octanol–water partition coefficient (Wildman–Crippen LogP) is 3.81. The zero-order chi connectivity index (χ0) is 22.5. The first kappa shape index (κ1) is 24.1.